The van der Waals surface area contributed by atoms with Gasteiger partial charge in [-0.25, -0.2) is 4.79 Å². The zero-order valence-electron chi connectivity index (χ0n) is 25.6. The molecule has 12 heteroatoms. The van der Waals surface area contributed by atoms with E-state index in [-0.39, 0.29) is 56.0 Å². The summed E-state index contributed by atoms with van der Waals surface area (Å²) in [4.78, 5) is 37.8. The Morgan fingerprint density at radius 3 is 2.18 bits per heavy atom. The standard InChI is InChI=1S/C32H43N5O7/c1-20-25(27(40)37(26(20)39)23-8-6-5-7-9-23)18-32(4,28(34)41)17-21(19-33)16-31(2,3)29(42)44-15-14-35-30(43)36-22-10-12-24(38)13-11-22/h5-13,21,38-40H,14-19,33H2,1-4H3,(H2,34,41)(H2,35,36,43). The van der Waals surface area contributed by atoms with Crippen LogP contribution >= 0.6 is 0 Å². The minimum Gasteiger partial charge on any atom is -0.508 e. The highest BCUT2D eigenvalue weighted by molar-refractivity contribution is 5.89. The molecule has 2 aromatic carbocycles. The van der Waals surface area contributed by atoms with Gasteiger partial charge >= 0.3 is 12.0 Å². The average molecular weight is 610 g/mol. The van der Waals surface area contributed by atoms with Gasteiger partial charge < -0.3 is 42.2 Å². The van der Waals surface area contributed by atoms with E-state index in [1.165, 1.54) is 16.7 Å². The van der Waals surface area contributed by atoms with Crippen LogP contribution in [0.25, 0.3) is 5.69 Å². The van der Waals surface area contributed by atoms with Crippen molar-refractivity contribution in [2.75, 3.05) is 25.0 Å². The second-order valence-electron chi connectivity index (χ2n) is 12.0. The third-order valence-corrected chi connectivity index (χ3v) is 7.83. The van der Waals surface area contributed by atoms with Gasteiger partial charge in [0, 0.05) is 16.8 Å². The number of para-hydroxylation sites is 1. The molecule has 2 atom stereocenters. The van der Waals surface area contributed by atoms with Crippen LogP contribution in [0.4, 0.5) is 10.5 Å². The fourth-order valence-electron chi connectivity index (χ4n) is 5.29. The molecule has 0 radical (unpaired) electrons. The summed E-state index contributed by atoms with van der Waals surface area (Å²) in [5.41, 5.74) is 11.7. The molecule has 0 aliphatic rings. The first-order chi connectivity index (χ1) is 20.7. The Labute approximate surface area is 257 Å². The van der Waals surface area contributed by atoms with Gasteiger partial charge in [0.15, 0.2) is 0 Å². The Kier molecular flexibility index (Phi) is 10.9. The predicted octanol–water partition coefficient (Wildman–Crippen LogP) is 3.68. The molecule has 1 heterocycles. The number of aromatic hydroxyl groups is 3. The summed E-state index contributed by atoms with van der Waals surface area (Å²) in [5, 5.41) is 36.4. The van der Waals surface area contributed by atoms with Crippen molar-refractivity contribution >= 4 is 23.6 Å². The van der Waals surface area contributed by atoms with Gasteiger partial charge in [-0.15, -0.1) is 0 Å². The van der Waals surface area contributed by atoms with Crippen LogP contribution in [-0.2, 0) is 20.7 Å². The van der Waals surface area contributed by atoms with Crippen molar-refractivity contribution in [3.8, 4) is 23.2 Å². The van der Waals surface area contributed by atoms with Crippen LogP contribution in [0.1, 0.15) is 44.7 Å². The van der Waals surface area contributed by atoms with E-state index in [0.29, 0.717) is 28.9 Å². The number of ether oxygens (including phenoxy) is 1. The van der Waals surface area contributed by atoms with Crippen LogP contribution in [0, 0.1) is 23.7 Å². The first kappa shape index (κ1) is 33.8. The number of primary amides is 1. The smallest absolute Gasteiger partial charge is 0.319 e. The number of aromatic nitrogens is 1. The number of carbonyl (C=O) groups is 3. The minimum absolute atomic E-state index is 0.0483. The van der Waals surface area contributed by atoms with Gasteiger partial charge in [0.25, 0.3) is 0 Å². The summed E-state index contributed by atoms with van der Waals surface area (Å²) in [5.74, 6) is -1.64. The molecule has 0 aliphatic heterocycles. The van der Waals surface area contributed by atoms with Crippen molar-refractivity contribution in [1.29, 1.82) is 0 Å². The van der Waals surface area contributed by atoms with Crippen LogP contribution in [-0.4, -0.2) is 57.5 Å². The van der Waals surface area contributed by atoms with E-state index in [0.717, 1.165) is 0 Å². The topological polar surface area (TPSA) is 202 Å². The number of rotatable bonds is 14. The highest BCUT2D eigenvalue weighted by Gasteiger charge is 2.40. The van der Waals surface area contributed by atoms with Gasteiger partial charge in [0.2, 0.25) is 17.7 Å². The largest absolute Gasteiger partial charge is 0.508 e. The second kappa shape index (κ2) is 14.2. The molecule has 0 fully saturated rings. The van der Waals surface area contributed by atoms with Crippen LogP contribution in [0.5, 0.6) is 17.5 Å². The molecule has 9 N–H and O–H groups in total. The summed E-state index contributed by atoms with van der Waals surface area (Å²) < 4.78 is 6.74. The predicted molar refractivity (Wildman–Crippen MR) is 166 cm³/mol. The highest BCUT2D eigenvalue weighted by atomic mass is 16.5. The fourth-order valence-corrected chi connectivity index (χ4v) is 5.29. The Balaban J connectivity index is 1.62. The number of hydrogen-bond acceptors (Lipinski definition) is 8. The van der Waals surface area contributed by atoms with E-state index < -0.39 is 28.7 Å². The summed E-state index contributed by atoms with van der Waals surface area (Å²) in [6, 6.07) is 14.3. The number of anilines is 1. The van der Waals surface area contributed by atoms with Crippen LogP contribution in [0.2, 0.25) is 0 Å². The minimum atomic E-state index is -1.16. The van der Waals surface area contributed by atoms with Crippen LogP contribution < -0.4 is 22.1 Å². The molecule has 238 valence electrons. The van der Waals surface area contributed by atoms with Crippen LogP contribution in [0.3, 0.4) is 0 Å². The van der Waals surface area contributed by atoms with Crippen molar-refractivity contribution in [1.82, 2.24) is 9.88 Å². The van der Waals surface area contributed by atoms with Gasteiger partial charge in [-0.1, -0.05) is 25.1 Å². The zero-order valence-corrected chi connectivity index (χ0v) is 25.6. The van der Waals surface area contributed by atoms with E-state index in [1.807, 2.05) is 6.07 Å². The molecular formula is C32H43N5O7. The monoisotopic (exact) mass is 609 g/mol. The van der Waals surface area contributed by atoms with E-state index in [9.17, 15) is 29.7 Å². The Morgan fingerprint density at radius 2 is 1.59 bits per heavy atom. The van der Waals surface area contributed by atoms with Crippen LogP contribution in [0.15, 0.2) is 54.6 Å². The summed E-state index contributed by atoms with van der Waals surface area (Å²) in [6.07, 6.45) is 0.568. The number of hydrogen-bond donors (Lipinski definition) is 7. The van der Waals surface area contributed by atoms with Gasteiger partial charge in [-0.05, 0) is 88.9 Å². The number of amides is 3. The SMILES string of the molecule is Cc1c(CC(C)(CC(CN)CC(C)(C)C(=O)OCCNC(=O)Nc2ccc(O)cc2)C(N)=O)c(O)n(-c2ccccc2)c1O. The first-order valence-corrected chi connectivity index (χ1v) is 14.4. The van der Waals surface area contributed by atoms with E-state index in [2.05, 4.69) is 10.6 Å². The first-order valence-electron chi connectivity index (χ1n) is 14.4. The number of benzene rings is 2. The lowest BCUT2D eigenvalue weighted by Crippen LogP contribution is -2.41. The molecule has 0 saturated heterocycles. The molecule has 0 spiro atoms. The summed E-state index contributed by atoms with van der Waals surface area (Å²) in [6.45, 7) is 6.98. The molecule has 2 unspecified atom stereocenters. The Hall–Kier alpha value is -4.71. The van der Waals surface area contributed by atoms with Crippen molar-refractivity contribution in [2.24, 2.45) is 28.2 Å². The van der Waals surface area contributed by atoms with Gasteiger partial charge in [-0.3, -0.25) is 14.2 Å². The molecule has 1 aromatic heterocycles. The zero-order chi connectivity index (χ0) is 32.7. The number of esters is 1. The molecule has 0 saturated carbocycles. The van der Waals surface area contributed by atoms with E-state index in [4.69, 9.17) is 16.2 Å². The quantitative estimate of drug-likeness (QED) is 0.0814. The molecule has 44 heavy (non-hydrogen) atoms. The number of nitrogens with two attached hydrogens (primary N) is 2. The summed E-state index contributed by atoms with van der Waals surface area (Å²) in [7, 11) is 0. The van der Waals surface area contributed by atoms with Gasteiger partial charge in [0.05, 0.1) is 23.1 Å². The van der Waals surface area contributed by atoms with E-state index >= 15 is 0 Å². The number of phenolic OH excluding ortho intramolecular Hbond substituents is 1. The third kappa shape index (κ3) is 8.22. The number of urea groups is 1. The third-order valence-electron chi connectivity index (χ3n) is 7.83. The number of phenols is 1. The second-order valence-corrected chi connectivity index (χ2v) is 12.0. The maximum atomic E-state index is 13.0. The van der Waals surface area contributed by atoms with Crippen molar-refractivity contribution < 1.29 is 34.4 Å². The van der Waals surface area contributed by atoms with Crippen molar-refractivity contribution in [3.05, 3.63) is 65.7 Å². The molecule has 0 bridgehead atoms. The Bertz CT molecular complexity index is 1450. The lowest BCUT2D eigenvalue weighted by atomic mass is 9.71. The number of nitrogens with zero attached hydrogens (tertiary/aromatic N) is 1. The molecule has 3 rings (SSSR count). The molecule has 3 aromatic rings. The molecule has 0 aliphatic carbocycles. The number of nitrogens with one attached hydrogen (secondary N) is 2. The highest BCUT2D eigenvalue weighted by Crippen LogP contribution is 2.42. The number of carbonyl (C=O) groups excluding carboxylic acids is 3. The Morgan fingerprint density at radius 1 is 0.955 bits per heavy atom. The van der Waals surface area contributed by atoms with Gasteiger partial charge in [-0.2, -0.15) is 0 Å². The maximum absolute atomic E-state index is 13.0. The average Bonchev–Trinajstić information content (AvgIpc) is 3.18. The summed E-state index contributed by atoms with van der Waals surface area (Å²) >= 11 is 0. The molecular weight excluding hydrogens is 566 g/mol. The van der Waals surface area contributed by atoms with E-state index in [1.54, 1.807) is 64.1 Å². The van der Waals surface area contributed by atoms with Gasteiger partial charge in [0.1, 0.15) is 12.4 Å². The maximum Gasteiger partial charge on any atom is 0.319 e. The fraction of sp³-hybridized carbons (Fsp3) is 0.406. The molecule has 12 nitrogen and oxygen atoms in total. The normalized spacial score (nSPS) is 13.5. The lowest BCUT2D eigenvalue weighted by Gasteiger charge is -2.34. The van der Waals surface area contributed by atoms with Crippen molar-refractivity contribution in [2.45, 2.75) is 47.0 Å². The van der Waals surface area contributed by atoms with Crippen molar-refractivity contribution in [3.63, 3.8) is 0 Å². The lowest BCUT2D eigenvalue weighted by molar-refractivity contribution is -0.154. The molecule has 3 amide bonds.